The first-order chi connectivity index (χ1) is 7.61. The molecule has 16 heavy (non-hydrogen) atoms. The van der Waals surface area contributed by atoms with Gasteiger partial charge >= 0.3 is 0 Å². The molecule has 0 aliphatic carbocycles. The van der Waals surface area contributed by atoms with Gasteiger partial charge in [-0.3, -0.25) is 4.79 Å². The van der Waals surface area contributed by atoms with E-state index < -0.39 is 5.60 Å². The molecule has 0 unspecified atom stereocenters. The number of nitrogens with zero attached hydrogens (tertiary/aromatic N) is 1. The minimum Gasteiger partial charge on any atom is -0.393 e. The number of rotatable bonds is 8. The van der Waals surface area contributed by atoms with E-state index >= 15 is 0 Å². The van der Waals surface area contributed by atoms with Crippen molar-refractivity contribution in [2.45, 2.75) is 32.8 Å². The van der Waals surface area contributed by atoms with Crippen LogP contribution in [0.3, 0.4) is 0 Å². The maximum absolute atomic E-state index is 12.2. The van der Waals surface area contributed by atoms with E-state index in [0.29, 0.717) is 19.5 Å². The number of aliphatic hydroxyl groups is 1. The Labute approximate surface area is 97.3 Å². The number of methoxy groups -OCH3 is 1. The highest BCUT2D eigenvalue weighted by molar-refractivity contribution is 5.85. The van der Waals surface area contributed by atoms with Crippen molar-refractivity contribution in [3.8, 4) is 0 Å². The first kappa shape index (κ1) is 15.3. The molecule has 0 fully saturated rings. The Morgan fingerprint density at radius 3 is 2.19 bits per heavy atom. The lowest BCUT2D eigenvalue weighted by molar-refractivity contribution is -0.183. The molecule has 0 aromatic rings. The first-order valence-electron chi connectivity index (χ1n) is 5.64. The lowest BCUT2D eigenvalue weighted by Crippen LogP contribution is -2.53. The highest BCUT2D eigenvalue weighted by atomic mass is 16.7. The molecule has 1 atom stereocenters. The molecule has 5 nitrogen and oxygen atoms in total. The van der Waals surface area contributed by atoms with E-state index in [4.69, 9.17) is 9.47 Å². The zero-order chi connectivity index (χ0) is 12.6. The van der Waals surface area contributed by atoms with Gasteiger partial charge in [-0.05, 0) is 20.3 Å². The highest BCUT2D eigenvalue weighted by Crippen LogP contribution is 2.19. The number of carbonyl (C=O) groups excluding carboxylic acids is 1. The summed E-state index contributed by atoms with van der Waals surface area (Å²) in [6, 6.07) is 0. The normalized spacial score (nSPS) is 14.6. The van der Waals surface area contributed by atoms with E-state index in [1.54, 1.807) is 4.90 Å². The maximum atomic E-state index is 12.2. The van der Waals surface area contributed by atoms with Gasteiger partial charge in [0.1, 0.15) is 6.79 Å². The highest BCUT2D eigenvalue weighted by Gasteiger charge is 2.39. The number of amides is 1. The van der Waals surface area contributed by atoms with Crippen molar-refractivity contribution >= 4 is 5.91 Å². The summed E-state index contributed by atoms with van der Waals surface area (Å²) < 4.78 is 10.2. The molecule has 0 radical (unpaired) electrons. The van der Waals surface area contributed by atoms with E-state index in [-0.39, 0.29) is 19.3 Å². The zero-order valence-corrected chi connectivity index (χ0v) is 10.7. The molecule has 5 heteroatoms. The maximum Gasteiger partial charge on any atom is 0.257 e. The summed E-state index contributed by atoms with van der Waals surface area (Å²) in [6.45, 7) is 6.49. The molecule has 1 amide bonds. The van der Waals surface area contributed by atoms with Gasteiger partial charge in [0.25, 0.3) is 5.91 Å². The van der Waals surface area contributed by atoms with Gasteiger partial charge in [-0.25, -0.2) is 0 Å². The van der Waals surface area contributed by atoms with Gasteiger partial charge in [-0.2, -0.15) is 0 Å². The second-order valence-corrected chi connectivity index (χ2v) is 3.53. The summed E-state index contributed by atoms with van der Waals surface area (Å²) in [7, 11) is 1.49. The fraction of sp³-hybridized carbons (Fsp3) is 0.909. The summed E-state index contributed by atoms with van der Waals surface area (Å²) in [5, 5.41) is 9.39. The Morgan fingerprint density at radius 2 is 1.88 bits per heavy atom. The molecule has 0 aromatic heterocycles. The SMILES string of the molecule is CCN(CC)C(=O)[C@](CC)(CO)OCOC. The minimum atomic E-state index is -1.16. The molecule has 0 saturated carbocycles. The van der Waals surface area contributed by atoms with E-state index in [9.17, 15) is 9.90 Å². The van der Waals surface area contributed by atoms with Crippen LogP contribution in [-0.4, -0.2) is 55.1 Å². The van der Waals surface area contributed by atoms with Crippen LogP contribution in [0.4, 0.5) is 0 Å². The molecule has 0 aliphatic heterocycles. The first-order valence-corrected chi connectivity index (χ1v) is 5.64. The van der Waals surface area contributed by atoms with Gasteiger partial charge < -0.3 is 19.5 Å². The molecule has 0 bridgehead atoms. The largest absolute Gasteiger partial charge is 0.393 e. The van der Waals surface area contributed by atoms with Crippen LogP contribution in [0.1, 0.15) is 27.2 Å². The van der Waals surface area contributed by atoms with Crippen molar-refractivity contribution in [1.82, 2.24) is 4.90 Å². The third kappa shape index (κ3) is 3.43. The monoisotopic (exact) mass is 233 g/mol. The van der Waals surface area contributed by atoms with Gasteiger partial charge in [0, 0.05) is 20.2 Å². The second kappa shape index (κ2) is 7.60. The third-order valence-electron chi connectivity index (χ3n) is 2.72. The molecule has 0 rings (SSSR count). The van der Waals surface area contributed by atoms with Crippen molar-refractivity contribution in [1.29, 1.82) is 0 Å². The van der Waals surface area contributed by atoms with Gasteiger partial charge in [0.2, 0.25) is 0 Å². The second-order valence-electron chi connectivity index (χ2n) is 3.53. The van der Waals surface area contributed by atoms with Crippen molar-refractivity contribution in [2.24, 2.45) is 0 Å². The minimum absolute atomic E-state index is 0.00140. The fourth-order valence-corrected chi connectivity index (χ4v) is 1.51. The number of hydrogen-bond donors (Lipinski definition) is 1. The topological polar surface area (TPSA) is 59.0 Å². The van der Waals surface area contributed by atoms with Gasteiger partial charge in [-0.15, -0.1) is 0 Å². The molecule has 0 aliphatic rings. The Kier molecular flexibility index (Phi) is 7.29. The molecule has 0 heterocycles. The van der Waals surface area contributed by atoms with Crippen molar-refractivity contribution in [3.63, 3.8) is 0 Å². The van der Waals surface area contributed by atoms with E-state index in [1.165, 1.54) is 7.11 Å². The average Bonchev–Trinajstić information content (AvgIpc) is 2.33. The molecule has 1 N–H and O–H groups in total. The third-order valence-corrected chi connectivity index (χ3v) is 2.72. The molecule has 96 valence electrons. The fourth-order valence-electron chi connectivity index (χ4n) is 1.51. The van der Waals surface area contributed by atoms with E-state index in [1.807, 2.05) is 20.8 Å². The summed E-state index contributed by atoms with van der Waals surface area (Å²) in [4.78, 5) is 13.8. The Balaban J connectivity index is 4.79. The van der Waals surface area contributed by atoms with Crippen LogP contribution in [0.5, 0.6) is 0 Å². The molecule has 0 saturated heterocycles. The number of likely N-dealkylation sites (N-methyl/N-ethyl adjacent to an activating group) is 1. The Hall–Kier alpha value is -0.650. The summed E-state index contributed by atoms with van der Waals surface area (Å²) >= 11 is 0. The number of hydrogen-bond acceptors (Lipinski definition) is 4. The van der Waals surface area contributed by atoms with Crippen LogP contribution in [0.15, 0.2) is 0 Å². The van der Waals surface area contributed by atoms with Gasteiger partial charge in [0.15, 0.2) is 5.60 Å². The van der Waals surface area contributed by atoms with Gasteiger partial charge in [-0.1, -0.05) is 6.92 Å². The Bertz CT molecular complexity index is 200. The van der Waals surface area contributed by atoms with Crippen LogP contribution >= 0.6 is 0 Å². The molecule has 0 spiro atoms. The number of carbonyl (C=O) groups is 1. The van der Waals surface area contributed by atoms with E-state index in [2.05, 4.69) is 0 Å². The molecule has 0 aromatic carbocycles. The van der Waals surface area contributed by atoms with Crippen molar-refractivity contribution in [2.75, 3.05) is 33.6 Å². The summed E-state index contributed by atoms with van der Waals surface area (Å²) in [5.74, 6) is -0.181. The van der Waals surface area contributed by atoms with Crippen LogP contribution in [0, 0.1) is 0 Å². The predicted molar refractivity (Wildman–Crippen MR) is 61.0 cm³/mol. The van der Waals surface area contributed by atoms with Crippen LogP contribution in [-0.2, 0) is 14.3 Å². The quantitative estimate of drug-likeness (QED) is 0.624. The molecular formula is C11H23NO4. The zero-order valence-electron chi connectivity index (χ0n) is 10.7. The lowest BCUT2D eigenvalue weighted by Gasteiger charge is -2.34. The van der Waals surface area contributed by atoms with Crippen molar-refractivity contribution in [3.05, 3.63) is 0 Å². The van der Waals surface area contributed by atoms with Gasteiger partial charge in [0.05, 0.1) is 6.61 Å². The van der Waals surface area contributed by atoms with Crippen molar-refractivity contribution < 1.29 is 19.4 Å². The van der Waals surface area contributed by atoms with Crippen LogP contribution < -0.4 is 0 Å². The average molecular weight is 233 g/mol. The Morgan fingerprint density at radius 1 is 1.31 bits per heavy atom. The lowest BCUT2D eigenvalue weighted by atomic mass is 9.99. The standard InChI is InChI=1S/C11H23NO4/c1-5-11(8-13,16-9-15-4)10(14)12(6-2)7-3/h13H,5-9H2,1-4H3/t11-/m0/s1. The van der Waals surface area contributed by atoms with Crippen LogP contribution in [0.2, 0.25) is 0 Å². The summed E-state index contributed by atoms with van der Waals surface area (Å²) in [5.41, 5.74) is -1.16. The summed E-state index contributed by atoms with van der Waals surface area (Å²) in [6.07, 6.45) is 0.419. The van der Waals surface area contributed by atoms with Crippen LogP contribution in [0.25, 0.3) is 0 Å². The smallest absolute Gasteiger partial charge is 0.257 e. The molecular weight excluding hydrogens is 210 g/mol. The number of aliphatic hydroxyl groups excluding tert-OH is 1. The van der Waals surface area contributed by atoms with E-state index in [0.717, 1.165) is 0 Å². The number of ether oxygens (including phenoxy) is 2. The predicted octanol–water partition coefficient (Wildman–Crippen LogP) is 0.616.